The van der Waals surface area contributed by atoms with Crippen molar-refractivity contribution < 1.29 is 24.3 Å². The first-order valence-corrected chi connectivity index (χ1v) is 2.86. The lowest BCUT2D eigenvalue weighted by atomic mass is 10.5. The van der Waals surface area contributed by atoms with Gasteiger partial charge >= 0.3 is 23.9 Å². The van der Waals surface area contributed by atoms with E-state index in [4.69, 9.17) is 5.11 Å². The fraction of sp³-hybridized carbons (Fsp3) is 0.200. The highest BCUT2D eigenvalue weighted by molar-refractivity contribution is 6.47. The van der Waals surface area contributed by atoms with Crippen LogP contribution in [0.15, 0.2) is 0 Å². The molecule has 1 heterocycles. The Balaban J connectivity index is 3.07. The molecule has 0 atom stereocenters. The van der Waals surface area contributed by atoms with Crippen molar-refractivity contribution in [3.05, 3.63) is 0 Å². The fourth-order valence-corrected chi connectivity index (χ4v) is 0.732. The van der Waals surface area contributed by atoms with E-state index in [0.29, 0.717) is 4.90 Å². The van der Waals surface area contributed by atoms with E-state index < -0.39 is 23.9 Å². The topological polar surface area (TPSA) is 95.0 Å². The number of urea groups is 1. The molecule has 5 amide bonds. The van der Waals surface area contributed by atoms with Gasteiger partial charge in [0, 0.05) is 7.05 Å². The molecular formula is C5H4N2O5. The number of nitrogens with zero attached hydrogens (tertiary/aromatic N) is 2. The molecule has 1 aliphatic heterocycles. The van der Waals surface area contributed by atoms with E-state index in [1.54, 1.807) is 0 Å². The summed E-state index contributed by atoms with van der Waals surface area (Å²) in [6.07, 6.45) is -1.75. The van der Waals surface area contributed by atoms with Crippen molar-refractivity contribution in [2.24, 2.45) is 0 Å². The van der Waals surface area contributed by atoms with Crippen LogP contribution in [0.1, 0.15) is 0 Å². The molecule has 0 saturated carbocycles. The zero-order valence-electron chi connectivity index (χ0n) is 5.97. The molecule has 1 fully saturated rings. The Bertz CT molecular complexity index is 296. The maximum atomic E-state index is 10.8. The Labute approximate surface area is 66.2 Å². The molecule has 0 bridgehead atoms. The maximum Gasteiger partial charge on any atom is 0.423 e. The summed E-state index contributed by atoms with van der Waals surface area (Å²) in [5.41, 5.74) is 0. The Morgan fingerprint density at radius 1 is 1.25 bits per heavy atom. The van der Waals surface area contributed by atoms with Gasteiger partial charge in [0.25, 0.3) is 0 Å². The summed E-state index contributed by atoms with van der Waals surface area (Å²) < 4.78 is 0. The standard InChI is InChI=1S/C5H4N2O5/c1-6-2(8)3(9)7(4(6)10)5(11)12/h1H3,(H,11,12). The predicted octanol–water partition coefficient (Wildman–Crippen LogP) is -0.915. The van der Waals surface area contributed by atoms with Gasteiger partial charge in [0.05, 0.1) is 0 Å². The van der Waals surface area contributed by atoms with Gasteiger partial charge in [-0.3, -0.25) is 14.5 Å². The van der Waals surface area contributed by atoms with Gasteiger partial charge in [-0.2, -0.15) is 4.90 Å². The van der Waals surface area contributed by atoms with Crippen LogP contribution in [0.4, 0.5) is 9.59 Å². The Hall–Kier alpha value is -1.92. The molecule has 7 heteroatoms. The van der Waals surface area contributed by atoms with E-state index in [2.05, 4.69) is 0 Å². The number of carbonyl (C=O) groups is 4. The number of hydrogen-bond donors (Lipinski definition) is 1. The second kappa shape index (κ2) is 2.29. The van der Waals surface area contributed by atoms with Crippen LogP contribution in [0.5, 0.6) is 0 Å². The minimum absolute atomic E-state index is 0.137. The van der Waals surface area contributed by atoms with E-state index in [1.165, 1.54) is 0 Å². The van der Waals surface area contributed by atoms with Gasteiger partial charge in [0.1, 0.15) is 0 Å². The van der Waals surface area contributed by atoms with Gasteiger partial charge < -0.3 is 5.11 Å². The third-order valence-electron chi connectivity index (χ3n) is 1.36. The molecule has 1 saturated heterocycles. The van der Waals surface area contributed by atoms with Crippen LogP contribution in [-0.2, 0) is 9.59 Å². The smallest absolute Gasteiger partial charge is 0.423 e. The summed E-state index contributed by atoms with van der Waals surface area (Å²) in [5.74, 6) is -2.47. The van der Waals surface area contributed by atoms with Gasteiger partial charge in [-0.05, 0) is 0 Å². The average Bonchev–Trinajstić information content (AvgIpc) is 2.16. The number of rotatable bonds is 0. The minimum Gasteiger partial charge on any atom is -0.464 e. The SMILES string of the molecule is CN1C(=O)C(=O)N(C(=O)O)C1=O. The van der Waals surface area contributed by atoms with Gasteiger partial charge in [-0.15, -0.1) is 0 Å². The van der Waals surface area contributed by atoms with Crippen LogP contribution in [0.3, 0.4) is 0 Å². The Kier molecular flexibility index (Phi) is 1.56. The lowest BCUT2D eigenvalue weighted by molar-refractivity contribution is -0.142. The van der Waals surface area contributed by atoms with E-state index in [0.717, 1.165) is 7.05 Å². The summed E-state index contributed by atoms with van der Waals surface area (Å²) in [4.78, 5) is 42.7. The highest BCUT2D eigenvalue weighted by Gasteiger charge is 2.46. The third kappa shape index (κ3) is 0.831. The Morgan fingerprint density at radius 2 is 1.75 bits per heavy atom. The molecule has 0 spiro atoms. The summed E-state index contributed by atoms with van der Waals surface area (Å²) in [7, 11) is 1.03. The quantitative estimate of drug-likeness (QED) is 0.376. The molecule has 1 aliphatic rings. The first-order valence-electron chi connectivity index (χ1n) is 2.86. The van der Waals surface area contributed by atoms with Crippen LogP contribution in [0.25, 0.3) is 0 Å². The summed E-state index contributed by atoms with van der Waals surface area (Å²) in [6, 6.07) is -1.14. The molecular weight excluding hydrogens is 168 g/mol. The minimum atomic E-state index is -1.75. The van der Waals surface area contributed by atoms with E-state index in [1.807, 2.05) is 0 Å². The number of carbonyl (C=O) groups excluding carboxylic acids is 3. The second-order valence-corrected chi connectivity index (χ2v) is 2.07. The molecule has 64 valence electrons. The number of hydrogen-bond acceptors (Lipinski definition) is 4. The second-order valence-electron chi connectivity index (χ2n) is 2.07. The van der Waals surface area contributed by atoms with Gasteiger partial charge in [0.15, 0.2) is 0 Å². The van der Waals surface area contributed by atoms with Gasteiger partial charge in [0.2, 0.25) is 0 Å². The first kappa shape index (κ1) is 8.18. The molecule has 0 aromatic heterocycles. The molecule has 7 nitrogen and oxygen atoms in total. The third-order valence-corrected chi connectivity index (χ3v) is 1.36. The zero-order valence-corrected chi connectivity index (χ0v) is 5.97. The zero-order chi connectivity index (χ0) is 9.46. The molecule has 0 unspecified atom stereocenters. The van der Waals surface area contributed by atoms with E-state index in [9.17, 15) is 19.2 Å². The first-order chi connectivity index (χ1) is 5.46. The lowest BCUT2D eigenvalue weighted by Crippen LogP contribution is -2.36. The van der Waals surface area contributed by atoms with Crippen molar-refractivity contribution in [1.82, 2.24) is 9.80 Å². The summed E-state index contributed by atoms with van der Waals surface area (Å²) in [5, 5.41) is 8.30. The molecule has 12 heavy (non-hydrogen) atoms. The lowest BCUT2D eigenvalue weighted by Gasteiger charge is -2.04. The van der Waals surface area contributed by atoms with Crippen molar-refractivity contribution in [3.63, 3.8) is 0 Å². The predicted molar refractivity (Wildman–Crippen MR) is 33.0 cm³/mol. The maximum absolute atomic E-state index is 10.8. The largest absolute Gasteiger partial charge is 0.464 e. The Morgan fingerprint density at radius 3 is 1.92 bits per heavy atom. The average molecular weight is 172 g/mol. The number of imide groups is 4. The van der Waals surface area contributed by atoms with E-state index >= 15 is 0 Å². The van der Waals surface area contributed by atoms with Crippen molar-refractivity contribution in [1.29, 1.82) is 0 Å². The molecule has 1 rings (SSSR count). The molecule has 0 aromatic rings. The van der Waals surface area contributed by atoms with Crippen LogP contribution in [-0.4, -0.2) is 45.9 Å². The number of carboxylic acid groups (broad SMARTS) is 1. The van der Waals surface area contributed by atoms with Crippen LogP contribution in [0, 0.1) is 0 Å². The van der Waals surface area contributed by atoms with Crippen molar-refractivity contribution >= 4 is 23.9 Å². The highest BCUT2D eigenvalue weighted by Crippen LogP contribution is 2.08. The monoisotopic (exact) mass is 172 g/mol. The van der Waals surface area contributed by atoms with Gasteiger partial charge in [-0.25, -0.2) is 9.59 Å². The number of amides is 5. The van der Waals surface area contributed by atoms with Gasteiger partial charge in [-0.1, -0.05) is 0 Å². The molecule has 1 N–H and O–H groups in total. The van der Waals surface area contributed by atoms with Crippen molar-refractivity contribution in [2.75, 3.05) is 7.05 Å². The molecule has 0 aliphatic carbocycles. The molecule has 0 aromatic carbocycles. The van der Waals surface area contributed by atoms with Crippen LogP contribution < -0.4 is 0 Å². The van der Waals surface area contributed by atoms with Crippen LogP contribution in [0.2, 0.25) is 0 Å². The van der Waals surface area contributed by atoms with Crippen LogP contribution >= 0.6 is 0 Å². The van der Waals surface area contributed by atoms with Crippen molar-refractivity contribution in [3.8, 4) is 0 Å². The highest BCUT2D eigenvalue weighted by atomic mass is 16.4. The number of likely N-dealkylation sites (N-methyl/N-ethyl adjacent to an activating group) is 1. The fourth-order valence-electron chi connectivity index (χ4n) is 0.732. The summed E-state index contributed by atoms with van der Waals surface area (Å²) in [6.45, 7) is 0. The normalized spacial score (nSPS) is 17.6. The summed E-state index contributed by atoms with van der Waals surface area (Å²) >= 11 is 0. The van der Waals surface area contributed by atoms with Crippen molar-refractivity contribution in [2.45, 2.75) is 0 Å². The van der Waals surface area contributed by atoms with E-state index in [-0.39, 0.29) is 4.90 Å². The molecule has 0 radical (unpaired) electrons.